The summed E-state index contributed by atoms with van der Waals surface area (Å²) < 4.78 is 0. The molecule has 46 valence electrons. The van der Waals surface area contributed by atoms with E-state index in [-0.39, 0.29) is 13.2 Å². The van der Waals surface area contributed by atoms with Gasteiger partial charge in [0.2, 0.25) is 0 Å². The molecule has 3 heteroatoms. The first-order valence-corrected chi connectivity index (χ1v) is 16.8. The van der Waals surface area contributed by atoms with Gasteiger partial charge in [-0.1, -0.05) is 26.2 Å². The minimum absolute atomic E-state index is 0.250. The summed E-state index contributed by atoms with van der Waals surface area (Å²) in [4.78, 5) is 0. The Hall–Kier alpha value is 1.58. The van der Waals surface area contributed by atoms with E-state index in [1.165, 1.54) is 19.3 Å². The van der Waals surface area contributed by atoms with Crippen LogP contribution in [-0.2, 0) is 13.2 Å². The van der Waals surface area contributed by atoms with E-state index in [1.807, 2.05) is 0 Å². The minimum atomic E-state index is -0.250. The van der Waals surface area contributed by atoms with Gasteiger partial charge in [-0.15, -0.1) is 0 Å². The van der Waals surface area contributed by atoms with Gasteiger partial charge in [-0.2, -0.15) is 0 Å². The maximum atomic E-state index is 3.25. The molecular formula is C5H10Br2Zn. The second-order valence-corrected chi connectivity index (χ2v) is 16.2. The van der Waals surface area contributed by atoms with Gasteiger partial charge in [0, 0.05) is 0 Å². The second-order valence-electron chi connectivity index (χ2n) is 2.14. The van der Waals surface area contributed by atoms with Gasteiger partial charge < -0.3 is 0 Å². The van der Waals surface area contributed by atoms with Gasteiger partial charge in [-0.3, -0.25) is 0 Å². The molecule has 0 saturated heterocycles. The second kappa shape index (κ2) is 6.70. The van der Waals surface area contributed by atoms with Crippen molar-refractivity contribution < 1.29 is 13.2 Å². The molecule has 1 saturated carbocycles. The number of hydrogen-bond donors (Lipinski definition) is 0. The zero-order chi connectivity index (χ0) is 6.41. The Bertz CT molecular complexity index is 45.7. The molecule has 0 aromatic carbocycles. The molecule has 0 bridgehead atoms. The molecule has 0 nitrogen and oxygen atoms in total. The molecule has 0 spiro atoms. The van der Waals surface area contributed by atoms with Crippen LogP contribution in [0.3, 0.4) is 0 Å². The van der Waals surface area contributed by atoms with Crippen molar-refractivity contribution in [2.75, 3.05) is 0 Å². The van der Waals surface area contributed by atoms with Gasteiger partial charge in [-0.05, 0) is 5.92 Å². The molecule has 8 heavy (non-hydrogen) atoms. The summed E-state index contributed by atoms with van der Waals surface area (Å²) in [6.45, 7) is 2.31. The van der Waals surface area contributed by atoms with E-state index >= 15 is 0 Å². The molecule has 0 unspecified atom stereocenters. The molecule has 1 aliphatic carbocycles. The van der Waals surface area contributed by atoms with Crippen molar-refractivity contribution in [3.05, 3.63) is 0 Å². The van der Waals surface area contributed by atoms with Crippen molar-refractivity contribution in [3.8, 4) is 0 Å². The zero-order valence-electron chi connectivity index (χ0n) is 5.16. The fraction of sp³-hybridized carbons (Fsp3) is 1.00. The van der Waals surface area contributed by atoms with Crippen LogP contribution in [0.1, 0.15) is 26.2 Å². The summed E-state index contributed by atoms with van der Waals surface area (Å²) in [5.74, 6) is 1.06. The third-order valence-corrected chi connectivity index (χ3v) is 1.39. The molecule has 0 amide bonds. The van der Waals surface area contributed by atoms with Crippen molar-refractivity contribution in [1.29, 1.82) is 0 Å². The third kappa shape index (κ3) is 5.72. The molecule has 0 heterocycles. The van der Waals surface area contributed by atoms with Crippen LogP contribution in [0, 0.1) is 5.92 Å². The van der Waals surface area contributed by atoms with Gasteiger partial charge >= 0.3 is 40.5 Å². The Labute approximate surface area is 72.1 Å². The van der Waals surface area contributed by atoms with E-state index in [0.29, 0.717) is 0 Å². The Morgan fingerprint density at radius 3 is 1.62 bits per heavy atom. The van der Waals surface area contributed by atoms with Crippen LogP contribution in [0.2, 0.25) is 0 Å². The number of hydrogen-bond acceptors (Lipinski definition) is 0. The van der Waals surface area contributed by atoms with Crippen LogP contribution < -0.4 is 0 Å². The summed E-state index contributed by atoms with van der Waals surface area (Å²) in [5.41, 5.74) is 0. The first-order valence-electron chi connectivity index (χ1n) is 2.93. The molecule has 0 atom stereocenters. The van der Waals surface area contributed by atoms with Crippen LogP contribution in [0.5, 0.6) is 0 Å². The van der Waals surface area contributed by atoms with E-state index in [9.17, 15) is 0 Å². The van der Waals surface area contributed by atoms with Crippen LogP contribution in [0.4, 0.5) is 0 Å². The van der Waals surface area contributed by atoms with Crippen molar-refractivity contribution in [2.24, 2.45) is 5.92 Å². The SMILES string of the molecule is CC1CCC1.[Br][Zn][Br]. The van der Waals surface area contributed by atoms with Gasteiger partial charge in [0.05, 0.1) is 0 Å². The van der Waals surface area contributed by atoms with E-state index in [4.69, 9.17) is 0 Å². The van der Waals surface area contributed by atoms with E-state index < -0.39 is 0 Å². The maximum absolute atomic E-state index is 3.25. The number of rotatable bonds is 0. The predicted octanol–water partition coefficient (Wildman–Crippen LogP) is 3.50. The van der Waals surface area contributed by atoms with E-state index in [0.717, 1.165) is 5.92 Å². The zero-order valence-corrected chi connectivity index (χ0v) is 11.3. The van der Waals surface area contributed by atoms with Crippen molar-refractivity contribution in [2.45, 2.75) is 26.2 Å². The molecule has 0 radical (unpaired) electrons. The van der Waals surface area contributed by atoms with E-state index in [1.54, 1.807) is 0 Å². The summed E-state index contributed by atoms with van der Waals surface area (Å²) in [5, 5.41) is 0. The van der Waals surface area contributed by atoms with Crippen molar-refractivity contribution in [3.63, 3.8) is 0 Å². The summed E-state index contributed by atoms with van der Waals surface area (Å²) >= 11 is 6.25. The van der Waals surface area contributed by atoms with Crippen LogP contribution in [0.25, 0.3) is 0 Å². The first kappa shape index (κ1) is 9.58. The van der Waals surface area contributed by atoms with Crippen LogP contribution >= 0.6 is 27.2 Å². The average Bonchev–Trinajstić information content (AvgIpc) is 1.64. The summed E-state index contributed by atoms with van der Waals surface area (Å²) in [6, 6.07) is 0. The molecule has 1 fully saturated rings. The predicted molar refractivity (Wildman–Crippen MR) is 40.9 cm³/mol. The fourth-order valence-corrected chi connectivity index (χ4v) is 0.612. The molecule has 1 rings (SSSR count). The monoisotopic (exact) mass is 292 g/mol. The number of halogens is 2. The average molecular weight is 295 g/mol. The third-order valence-electron chi connectivity index (χ3n) is 1.39. The Morgan fingerprint density at radius 2 is 1.62 bits per heavy atom. The van der Waals surface area contributed by atoms with Crippen LogP contribution in [0.15, 0.2) is 0 Å². The molecule has 0 aliphatic heterocycles. The summed E-state index contributed by atoms with van der Waals surface area (Å²) in [6.07, 6.45) is 4.46. The fourth-order valence-electron chi connectivity index (χ4n) is 0.612. The summed E-state index contributed by atoms with van der Waals surface area (Å²) in [7, 11) is 0. The topological polar surface area (TPSA) is 0 Å². The molecular weight excluding hydrogens is 285 g/mol. The standard InChI is InChI=1S/C5H10.2BrH.Zn/c1-5-3-2-4-5;;;/h5H,2-4H2,1H3;2*1H;/q;;;+2/p-2. The van der Waals surface area contributed by atoms with Crippen molar-refractivity contribution >= 4 is 27.2 Å². The molecule has 0 aromatic rings. The molecule has 0 N–H and O–H groups in total. The quantitative estimate of drug-likeness (QED) is 0.600. The van der Waals surface area contributed by atoms with Gasteiger partial charge in [0.1, 0.15) is 0 Å². The Morgan fingerprint density at radius 1 is 1.38 bits per heavy atom. The Kier molecular flexibility index (Phi) is 8.03. The normalized spacial score (nSPS) is 17.4. The first-order chi connectivity index (χ1) is 3.81. The van der Waals surface area contributed by atoms with Gasteiger partial charge in [-0.25, -0.2) is 0 Å². The van der Waals surface area contributed by atoms with Crippen LogP contribution in [-0.4, -0.2) is 0 Å². The molecule has 1 aliphatic rings. The van der Waals surface area contributed by atoms with Gasteiger partial charge in [0.15, 0.2) is 0 Å². The molecule has 0 aromatic heterocycles. The van der Waals surface area contributed by atoms with Crippen molar-refractivity contribution in [1.82, 2.24) is 0 Å². The van der Waals surface area contributed by atoms with E-state index in [2.05, 4.69) is 34.2 Å². The van der Waals surface area contributed by atoms with Gasteiger partial charge in [0.25, 0.3) is 0 Å². The Balaban J connectivity index is 0.000000145.